The molecule has 0 aromatic heterocycles. The van der Waals surface area contributed by atoms with E-state index in [-0.39, 0.29) is 18.5 Å². The van der Waals surface area contributed by atoms with Gasteiger partial charge in [-0.3, -0.25) is 9.59 Å². The van der Waals surface area contributed by atoms with Crippen molar-refractivity contribution in [1.82, 2.24) is 0 Å². The number of rotatable bonds is 24. The largest absolute Gasteiger partial charge is 0.481 e. The third kappa shape index (κ3) is 25.1. The van der Waals surface area contributed by atoms with E-state index in [1.54, 1.807) is 0 Å². The van der Waals surface area contributed by atoms with Gasteiger partial charge in [-0.05, 0) is 32.1 Å². The van der Waals surface area contributed by atoms with Crippen molar-refractivity contribution in [2.45, 2.75) is 161 Å². The summed E-state index contributed by atoms with van der Waals surface area (Å²) in [6, 6.07) is 0. The van der Waals surface area contributed by atoms with Crippen LogP contribution < -0.4 is 0 Å². The Morgan fingerprint density at radius 3 is 1.32 bits per heavy atom. The van der Waals surface area contributed by atoms with Gasteiger partial charge in [0.2, 0.25) is 0 Å². The number of hydrogen-bond acceptors (Lipinski definition) is 3. The standard InChI is InChI=1S/C27H52O4/c1-3-4-5-6-7-8-9-10-11-12-13-14-16-19-22-26(31-25(2)28)23-20-17-15-18-21-24-27(29)30/h26H,3-24H2,1-2H3,(H,29,30). The van der Waals surface area contributed by atoms with E-state index in [9.17, 15) is 9.59 Å². The van der Waals surface area contributed by atoms with E-state index < -0.39 is 5.97 Å². The molecule has 4 nitrogen and oxygen atoms in total. The smallest absolute Gasteiger partial charge is 0.303 e. The highest BCUT2D eigenvalue weighted by atomic mass is 16.5. The zero-order valence-electron chi connectivity index (χ0n) is 20.8. The van der Waals surface area contributed by atoms with Crippen molar-refractivity contribution in [2.75, 3.05) is 0 Å². The van der Waals surface area contributed by atoms with Gasteiger partial charge in [0.05, 0.1) is 0 Å². The van der Waals surface area contributed by atoms with Crippen LogP contribution in [0.2, 0.25) is 0 Å². The molecule has 0 aliphatic carbocycles. The first-order valence-electron chi connectivity index (χ1n) is 13.4. The lowest BCUT2D eigenvalue weighted by atomic mass is 10.0. The molecule has 0 fully saturated rings. The Balaban J connectivity index is 3.53. The van der Waals surface area contributed by atoms with Crippen LogP contribution in [0, 0.1) is 0 Å². The molecule has 0 aromatic carbocycles. The Morgan fingerprint density at radius 2 is 0.968 bits per heavy atom. The molecule has 1 N–H and O–H groups in total. The fourth-order valence-corrected chi connectivity index (χ4v) is 4.24. The third-order valence-electron chi connectivity index (χ3n) is 6.13. The molecule has 0 rings (SSSR count). The number of unbranched alkanes of at least 4 members (excludes halogenated alkanes) is 17. The van der Waals surface area contributed by atoms with Crippen molar-refractivity contribution in [3.05, 3.63) is 0 Å². The second-order valence-corrected chi connectivity index (χ2v) is 9.32. The Hall–Kier alpha value is -1.06. The molecule has 0 saturated carbocycles. The van der Waals surface area contributed by atoms with Crippen LogP contribution in [-0.2, 0) is 14.3 Å². The molecule has 0 heterocycles. The number of carbonyl (C=O) groups excluding carboxylic acids is 1. The van der Waals surface area contributed by atoms with Gasteiger partial charge in [-0.1, -0.05) is 110 Å². The average Bonchev–Trinajstić information content (AvgIpc) is 2.72. The van der Waals surface area contributed by atoms with Gasteiger partial charge in [0.1, 0.15) is 6.10 Å². The zero-order valence-corrected chi connectivity index (χ0v) is 20.8. The number of ether oxygens (including phenoxy) is 1. The second kappa shape index (κ2) is 23.6. The van der Waals surface area contributed by atoms with Crippen molar-refractivity contribution in [1.29, 1.82) is 0 Å². The van der Waals surface area contributed by atoms with Crippen LogP contribution in [0.25, 0.3) is 0 Å². The van der Waals surface area contributed by atoms with Gasteiger partial charge in [-0.2, -0.15) is 0 Å². The van der Waals surface area contributed by atoms with E-state index in [1.165, 1.54) is 90.4 Å². The minimum atomic E-state index is -0.705. The van der Waals surface area contributed by atoms with E-state index in [4.69, 9.17) is 9.84 Å². The maximum absolute atomic E-state index is 11.4. The minimum Gasteiger partial charge on any atom is -0.481 e. The highest BCUT2D eigenvalue weighted by Crippen LogP contribution is 2.18. The molecule has 0 aliphatic heterocycles. The van der Waals surface area contributed by atoms with Crippen LogP contribution in [0.3, 0.4) is 0 Å². The molecule has 0 amide bonds. The quantitative estimate of drug-likeness (QED) is 0.120. The Kier molecular flexibility index (Phi) is 22.8. The van der Waals surface area contributed by atoms with Crippen molar-refractivity contribution in [3.63, 3.8) is 0 Å². The van der Waals surface area contributed by atoms with Crippen LogP contribution in [0.15, 0.2) is 0 Å². The lowest BCUT2D eigenvalue weighted by molar-refractivity contribution is -0.147. The first kappa shape index (κ1) is 29.9. The number of carbonyl (C=O) groups is 2. The van der Waals surface area contributed by atoms with Crippen LogP contribution >= 0.6 is 0 Å². The van der Waals surface area contributed by atoms with Gasteiger partial charge >= 0.3 is 11.9 Å². The highest BCUT2D eigenvalue weighted by Gasteiger charge is 2.11. The molecule has 0 radical (unpaired) electrons. The first-order chi connectivity index (χ1) is 15.1. The number of carboxylic acids is 1. The monoisotopic (exact) mass is 440 g/mol. The SMILES string of the molecule is CCCCCCCCCCCCCCCCC(CCCCCCCC(=O)O)OC(C)=O. The molecule has 1 atom stereocenters. The van der Waals surface area contributed by atoms with Crippen molar-refractivity contribution in [3.8, 4) is 0 Å². The fourth-order valence-electron chi connectivity index (χ4n) is 4.24. The van der Waals surface area contributed by atoms with E-state index in [0.717, 1.165) is 51.4 Å². The van der Waals surface area contributed by atoms with Gasteiger partial charge in [0, 0.05) is 13.3 Å². The van der Waals surface area contributed by atoms with Gasteiger partial charge in [-0.25, -0.2) is 0 Å². The minimum absolute atomic E-state index is 0.0637. The summed E-state index contributed by atoms with van der Waals surface area (Å²) in [4.78, 5) is 21.9. The molecule has 184 valence electrons. The molecule has 0 saturated heterocycles. The topological polar surface area (TPSA) is 63.6 Å². The second-order valence-electron chi connectivity index (χ2n) is 9.32. The van der Waals surface area contributed by atoms with E-state index in [1.807, 2.05) is 0 Å². The van der Waals surface area contributed by atoms with Crippen LogP contribution in [0.5, 0.6) is 0 Å². The molecule has 0 aromatic rings. The van der Waals surface area contributed by atoms with Gasteiger partial charge in [0.15, 0.2) is 0 Å². The van der Waals surface area contributed by atoms with Crippen molar-refractivity contribution < 1.29 is 19.4 Å². The Morgan fingerprint density at radius 1 is 0.613 bits per heavy atom. The lowest BCUT2D eigenvalue weighted by Gasteiger charge is -2.17. The molecule has 4 heteroatoms. The molecule has 31 heavy (non-hydrogen) atoms. The fraction of sp³-hybridized carbons (Fsp3) is 0.926. The molecular formula is C27H52O4. The summed E-state index contributed by atoms with van der Waals surface area (Å²) in [5.41, 5.74) is 0. The van der Waals surface area contributed by atoms with Gasteiger partial charge < -0.3 is 9.84 Å². The zero-order chi connectivity index (χ0) is 23.0. The Labute approximate surface area is 192 Å². The summed E-state index contributed by atoms with van der Waals surface area (Å²) in [5.74, 6) is -0.875. The maximum Gasteiger partial charge on any atom is 0.303 e. The molecule has 1 unspecified atom stereocenters. The van der Waals surface area contributed by atoms with Crippen LogP contribution in [0.1, 0.15) is 155 Å². The molecule has 0 bridgehead atoms. The Bertz CT molecular complexity index is 408. The third-order valence-corrected chi connectivity index (χ3v) is 6.13. The molecular weight excluding hydrogens is 388 g/mol. The summed E-state index contributed by atoms with van der Waals surface area (Å²) in [6.45, 7) is 3.78. The van der Waals surface area contributed by atoms with Gasteiger partial charge in [-0.15, -0.1) is 0 Å². The summed E-state index contributed by atoms with van der Waals surface area (Å²) >= 11 is 0. The van der Waals surface area contributed by atoms with Crippen molar-refractivity contribution in [2.24, 2.45) is 0 Å². The molecule has 0 aliphatic rings. The summed E-state index contributed by atoms with van der Waals surface area (Å²) in [5, 5.41) is 8.65. The van der Waals surface area contributed by atoms with Crippen LogP contribution in [-0.4, -0.2) is 23.1 Å². The lowest BCUT2D eigenvalue weighted by Crippen LogP contribution is -2.16. The summed E-state index contributed by atoms with van der Waals surface area (Å²) < 4.78 is 5.51. The maximum atomic E-state index is 11.4. The number of esters is 1. The van der Waals surface area contributed by atoms with Crippen LogP contribution in [0.4, 0.5) is 0 Å². The molecule has 0 spiro atoms. The predicted molar refractivity (Wildman–Crippen MR) is 130 cm³/mol. The van der Waals surface area contributed by atoms with Crippen molar-refractivity contribution >= 4 is 11.9 Å². The van der Waals surface area contributed by atoms with E-state index in [0.29, 0.717) is 0 Å². The van der Waals surface area contributed by atoms with E-state index >= 15 is 0 Å². The van der Waals surface area contributed by atoms with E-state index in [2.05, 4.69) is 6.92 Å². The summed E-state index contributed by atoms with van der Waals surface area (Å²) in [6.07, 6.45) is 26.2. The normalized spacial score (nSPS) is 12.1. The number of aliphatic carboxylic acids is 1. The number of hydrogen-bond donors (Lipinski definition) is 1. The highest BCUT2D eigenvalue weighted by molar-refractivity contribution is 5.66. The number of carboxylic acid groups (broad SMARTS) is 1. The van der Waals surface area contributed by atoms with Gasteiger partial charge in [0.25, 0.3) is 0 Å². The summed E-state index contributed by atoms with van der Waals surface area (Å²) in [7, 11) is 0. The average molecular weight is 441 g/mol. The predicted octanol–water partition coefficient (Wildman–Crippen LogP) is 8.60. The first-order valence-corrected chi connectivity index (χ1v) is 13.4.